The fourth-order valence-corrected chi connectivity index (χ4v) is 2.66. The third-order valence-electron chi connectivity index (χ3n) is 3.43. The van der Waals surface area contributed by atoms with Gasteiger partial charge in [-0.2, -0.15) is 0 Å². The number of nitrogens with one attached hydrogen (secondary N) is 1. The third kappa shape index (κ3) is 2.86. The molecule has 1 aliphatic carbocycles. The monoisotopic (exact) mass is 210 g/mol. The summed E-state index contributed by atoms with van der Waals surface area (Å²) in [7, 11) is 0. The Kier molecular flexibility index (Phi) is 3.87. The second kappa shape index (κ2) is 5.38. The van der Waals surface area contributed by atoms with Crippen LogP contribution in [0.1, 0.15) is 45.4 Å². The average molecular weight is 210 g/mol. The van der Waals surface area contributed by atoms with E-state index in [4.69, 9.17) is 9.73 Å². The molecule has 0 bridgehead atoms. The lowest BCUT2D eigenvalue weighted by molar-refractivity contribution is 0.281. The van der Waals surface area contributed by atoms with Crippen molar-refractivity contribution in [1.29, 1.82) is 0 Å². The molecule has 2 aliphatic rings. The molecular weight excluding hydrogens is 188 g/mol. The summed E-state index contributed by atoms with van der Waals surface area (Å²) in [6.45, 7) is 3.97. The largest absolute Gasteiger partial charge is 0.463 e. The van der Waals surface area contributed by atoms with E-state index in [1.54, 1.807) is 0 Å². The van der Waals surface area contributed by atoms with E-state index in [2.05, 4.69) is 12.2 Å². The summed E-state index contributed by atoms with van der Waals surface area (Å²) in [6, 6.07) is 1.31. The van der Waals surface area contributed by atoms with Crippen molar-refractivity contribution in [1.82, 2.24) is 5.32 Å². The van der Waals surface area contributed by atoms with Gasteiger partial charge in [0.1, 0.15) is 6.61 Å². The van der Waals surface area contributed by atoms with Crippen molar-refractivity contribution in [3.63, 3.8) is 0 Å². The molecule has 0 aromatic rings. The molecule has 0 aromatic heterocycles. The number of rotatable bonds is 3. The van der Waals surface area contributed by atoms with Gasteiger partial charge in [-0.15, -0.1) is 0 Å². The van der Waals surface area contributed by atoms with Gasteiger partial charge in [0.25, 0.3) is 6.02 Å². The van der Waals surface area contributed by atoms with Crippen LogP contribution in [-0.2, 0) is 4.74 Å². The van der Waals surface area contributed by atoms with Crippen LogP contribution in [0, 0.1) is 5.92 Å². The molecule has 0 unspecified atom stereocenters. The number of aliphatic imine (C=N–C) groups is 1. The lowest BCUT2D eigenvalue weighted by Gasteiger charge is -2.28. The van der Waals surface area contributed by atoms with Crippen molar-refractivity contribution >= 4 is 6.02 Å². The number of amidine groups is 1. The van der Waals surface area contributed by atoms with Crippen LogP contribution in [0.3, 0.4) is 0 Å². The molecule has 1 aliphatic heterocycles. The van der Waals surface area contributed by atoms with E-state index in [0.717, 1.165) is 25.1 Å². The molecule has 0 radical (unpaired) electrons. The first kappa shape index (κ1) is 10.8. The normalized spacial score (nSPS) is 33.8. The Morgan fingerprint density at radius 2 is 2.27 bits per heavy atom. The van der Waals surface area contributed by atoms with Gasteiger partial charge in [-0.05, 0) is 25.2 Å². The molecule has 15 heavy (non-hydrogen) atoms. The second-order valence-electron chi connectivity index (χ2n) is 4.61. The highest BCUT2D eigenvalue weighted by molar-refractivity contribution is 5.75. The Morgan fingerprint density at radius 3 is 3.00 bits per heavy atom. The van der Waals surface area contributed by atoms with Crippen molar-refractivity contribution in [2.24, 2.45) is 10.9 Å². The molecule has 1 saturated carbocycles. The van der Waals surface area contributed by atoms with E-state index in [-0.39, 0.29) is 0 Å². The zero-order chi connectivity index (χ0) is 10.5. The minimum atomic E-state index is 0.513. The van der Waals surface area contributed by atoms with Crippen LogP contribution in [0.5, 0.6) is 0 Å². The Balaban J connectivity index is 1.94. The van der Waals surface area contributed by atoms with E-state index in [9.17, 15) is 0 Å². The maximum Gasteiger partial charge on any atom is 0.285 e. The first-order chi connectivity index (χ1) is 7.40. The number of ether oxygens (including phenoxy) is 1. The maximum absolute atomic E-state index is 5.42. The fourth-order valence-electron chi connectivity index (χ4n) is 2.66. The van der Waals surface area contributed by atoms with Gasteiger partial charge < -0.3 is 10.1 Å². The van der Waals surface area contributed by atoms with Crippen LogP contribution < -0.4 is 5.32 Å². The van der Waals surface area contributed by atoms with Crippen molar-refractivity contribution in [3.05, 3.63) is 0 Å². The lowest BCUT2D eigenvalue weighted by Crippen LogP contribution is -2.27. The van der Waals surface area contributed by atoms with E-state index in [0.29, 0.717) is 6.04 Å². The summed E-state index contributed by atoms with van der Waals surface area (Å²) in [4.78, 5) is 4.72. The topological polar surface area (TPSA) is 33.6 Å². The first-order valence-electron chi connectivity index (χ1n) is 6.34. The first-order valence-corrected chi connectivity index (χ1v) is 6.34. The highest BCUT2D eigenvalue weighted by Crippen LogP contribution is 2.30. The summed E-state index contributed by atoms with van der Waals surface area (Å²) >= 11 is 0. The molecule has 0 amide bonds. The predicted molar refractivity (Wildman–Crippen MR) is 62.0 cm³/mol. The van der Waals surface area contributed by atoms with E-state index < -0.39 is 0 Å². The van der Waals surface area contributed by atoms with Crippen LogP contribution >= 0.6 is 0 Å². The zero-order valence-corrected chi connectivity index (χ0v) is 9.67. The van der Waals surface area contributed by atoms with Gasteiger partial charge in [-0.3, -0.25) is 0 Å². The Morgan fingerprint density at radius 1 is 1.40 bits per heavy atom. The SMILES string of the molecule is CCC[C@@H]1CCCC[C@H]1N=C1NCCO1. The molecule has 2 rings (SSSR count). The molecule has 1 N–H and O–H groups in total. The highest BCUT2D eigenvalue weighted by Gasteiger charge is 2.25. The quantitative estimate of drug-likeness (QED) is 0.775. The van der Waals surface area contributed by atoms with Gasteiger partial charge in [0.2, 0.25) is 0 Å². The van der Waals surface area contributed by atoms with Crippen molar-refractivity contribution in [3.8, 4) is 0 Å². The third-order valence-corrected chi connectivity index (χ3v) is 3.43. The minimum Gasteiger partial charge on any atom is -0.463 e. The van der Waals surface area contributed by atoms with Gasteiger partial charge >= 0.3 is 0 Å². The predicted octanol–water partition coefficient (Wildman–Crippen LogP) is 2.32. The molecule has 0 spiro atoms. The molecule has 0 aromatic carbocycles. The van der Waals surface area contributed by atoms with E-state index in [1.807, 2.05) is 0 Å². The van der Waals surface area contributed by atoms with Crippen LogP contribution in [0.25, 0.3) is 0 Å². The summed E-state index contributed by atoms with van der Waals surface area (Å²) in [5, 5.41) is 3.19. The molecule has 3 nitrogen and oxygen atoms in total. The Labute approximate surface area is 92.3 Å². The smallest absolute Gasteiger partial charge is 0.285 e. The van der Waals surface area contributed by atoms with Gasteiger partial charge in [0.05, 0.1) is 12.6 Å². The summed E-state index contributed by atoms with van der Waals surface area (Å²) in [6.07, 6.45) is 7.93. The van der Waals surface area contributed by atoms with Crippen LogP contribution in [-0.4, -0.2) is 25.2 Å². The summed E-state index contributed by atoms with van der Waals surface area (Å²) in [5.74, 6) is 0.794. The maximum atomic E-state index is 5.42. The fraction of sp³-hybridized carbons (Fsp3) is 0.917. The minimum absolute atomic E-state index is 0.513. The molecule has 3 heteroatoms. The van der Waals surface area contributed by atoms with Crippen molar-refractivity contribution in [2.45, 2.75) is 51.5 Å². The molecule has 1 saturated heterocycles. The van der Waals surface area contributed by atoms with E-state index >= 15 is 0 Å². The standard InChI is InChI=1S/C12H22N2O/c1-2-5-10-6-3-4-7-11(10)14-12-13-8-9-15-12/h10-11H,2-9H2,1H3,(H,13,14)/t10-,11-/m1/s1. The second-order valence-corrected chi connectivity index (χ2v) is 4.61. The number of nitrogens with zero attached hydrogens (tertiary/aromatic N) is 1. The van der Waals surface area contributed by atoms with Crippen molar-refractivity contribution in [2.75, 3.05) is 13.2 Å². The highest BCUT2D eigenvalue weighted by atomic mass is 16.5. The molecule has 2 fully saturated rings. The lowest BCUT2D eigenvalue weighted by atomic mass is 9.82. The Hall–Kier alpha value is -0.730. The van der Waals surface area contributed by atoms with Gasteiger partial charge in [0, 0.05) is 0 Å². The van der Waals surface area contributed by atoms with Gasteiger partial charge in [0.15, 0.2) is 0 Å². The molecular formula is C12H22N2O. The summed E-state index contributed by atoms with van der Waals surface area (Å²) in [5.41, 5.74) is 0. The molecule has 86 valence electrons. The molecule has 2 atom stereocenters. The van der Waals surface area contributed by atoms with E-state index in [1.165, 1.54) is 38.5 Å². The zero-order valence-electron chi connectivity index (χ0n) is 9.67. The van der Waals surface area contributed by atoms with Gasteiger partial charge in [-0.25, -0.2) is 4.99 Å². The Bertz CT molecular complexity index is 218. The van der Waals surface area contributed by atoms with Crippen LogP contribution in [0.2, 0.25) is 0 Å². The number of hydrogen-bond donors (Lipinski definition) is 1. The van der Waals surface area contributed by atoms with Crippen molar-refractivity contribution < 1.29 is 4.74 Å². The van der Waals surface area contributed by atoms with Crippen LogP contribution in [0.4, 0.5) is 0 Å². The average Bonchev–Trinajstić information content (AvgIpc) is 2.74. The van der Waals surface area contributed by atoms with Crippen LogP contribution in [0.15, 0.2) is 4.99 Å². The summed E-state index contributed by atoms with van der Waals surface area (Å²) < 4.78 is 5.42. The number of hydrogen-bond acceptors (Lipinski definition) is 2. The molecule has 1 heterocycles. The van der Waals surface area contributed by atoms with Gasteiger partial charge in [-0.1, -0.05) is 26.2 Å².